The summed E-state index contributed by atoms with van der Waals surface area (Å²) in [6.07, 6.45) is -1.22. The van der Waals surface area contributed by atoms with Crippen molar-refractivity contribution in [2.24, 2.45) is 5.73 Å². The number of amides is 1. The van der Waals surface area contributed by atoms with Crippen molar-refractivity contribution in [1.29, 1.82) is 0 Å². The Morgan fingerprint density at radius 1 is 1.06 bits per heavy atom. The van der Waals surface area contributed by atoms with Crippen LogP contribution in [0.4, 0.5) is 0 Å². The molecule has 0 fully saturated rings. The standard InChI is InChI=1S/C9H14N2O7/c10-4(8(15)16)1-2-6(12)11-5(9(17)18)3-7(13)14/h4-5H,1-3,10H2,(H,11,12)(H,13,14)(H,15,16)(H,17,18)/t4-,5-/m1/s1. The maximum atomic E-state index is 11.3. The quantitative estimate of drug-likeness (QED) is 0.342. The first-order chi connectivity index (χ1) is 8.23. The van der Waals surface area contributed by atoms with Gasteiger partial charge in [-0.15, -0.1) is 0 Å². The summed E-state index contributed by atoms with van der Waals surface area (Å²) in [7, 11) is 0. The highest BCUT2D eigenvalue weighted by Crippen LogP contribution is 1.98. The first-order valence-corrected chi connectivity index (χ1v) is 4.96. The monoisotopic (exact) mass is 262 g/mol. The molecule has 0 aliphatic heterocycles. The summed E-state index contributed by atoms with van der Waals surface area (Å²) in [5.41, 5.74) is 5.15. The van der Waals surface area contributed by atoms with Crippen molar-refractivity contribution in [3.8, 4) is 0 Å². The van der Waals surface area contributed by atoms with Gasteiger partial charge in [-0.3, -0.25) is 14.4 Å². The molecule has 0 rings (SSSR count). The minimum Gasteiger partial charge on any atom is -0.481 e. The molecule has 0 aliphatic carbocycles. The molecule has 6 N–H and O–H groups in total. The van der Waals surface area contributed by atoms with Crippen molar-refractivity contribution in [2.75, 3.05) is 0 Å². The van der Waals surface area contributed by atoms with Gasteiger partial charge >= 0.3 is 17.9 Å². The fraction of sp³-hybridized carbons (Fsp3) is 0.556. The summed E-state index contributed by atoms with van der Waals surface area (Å²) in [6.45, 7) is 0. The number of hydrogen-bond donors (Lipinski definition) is 5. The number of carboxylic acids is 3. The molecular formula is C9H14N2O7. The molecule has 0 bridgehead atoms. The van der Waals surface area contributed by atoms with E-state index < -0.39 is 42.3 Å². The molecule has 0 aromatic rings. The van der Waals surface area contributed by atoms with Crippen molar-refractivity contribution in [3.63, 3.8) is 0 Å². The Morgan fingerprint density at radius 3 is 2.00 bits per heavy atom. The van der Waals surface area contributed by atoms with E-state index >= 15 is 0 Å². The zero-order valence-corrected chi connectivity index (χ0v) is 9.33. The lowest BCUT2D eigenvalue weighted by molar-refractivity contribution is -0.147. The minimum absolute atomic E-state index is 0.166. The highest BCUT2D eigenvalue weighted by Gasteiger charge is 2.23. The second-order valence-corrected chi connectivity index (χ2v) is 3.54. The number of carbonyl (C=O) groups is 4. The lowest BCUT2D eigenvalue weighted by Gasteiger charge is -2.12. The van der Waals surface area contributed by atoms with Gasteiger partial charge in [0.1, 0.15) is 12.1 Å². The molecule has 0 radical (unpaired) electrons. The van der Waals surface area contributed by atoms with Gasteiger partial charge in [0.05, 0.1) is 6.42 Å². The largest absolute Gasteiger partial charge is 0.481 e. The maximum Gasteiger partial charge on any atom is 0.326 e. The summed E-state index contributed by atoms with van der Waals surface area (Å²) in [6, 6.07) is -2.77. The van der Waals surface area contributed by atoms with Crippen molar-refractivity contribution in [2.45, 2.75) is 31.3 Å². The van der Waals surface area contributed by atoms with E-state index in [0.29, 0.717) is 0 Å². The van der Waals surface area contributed by atoms with E-state index in [1.165, 1.54) is 0 Å². The third kappa shape index (κ3) is 6.43. The molecule has 18 heavy (non-hydrogen) atoms. The van der Waals surface area contributed by atoms with Gasteiger partial charge in [0.25, 0.3) is 0 Å². The smallest absolute Gasteiger partial charge is 0.326 e. The van der Waals surface area contributed by atoms with Crippen LogP contribution in [0.3, 0.4) is 0 Å². The molecule has 2 atom stereocenters. The molecule has 9 heteroatoms. The van der Waals surface area contributed by atoms with E-state index in [-0.39, 0.29) is 12.8 Å². The maximum absolute atomic E-state index is 11.3. The number of carboxylic acid groups (broad SMARTS) is 3. The average molecular weight is 262 g/mol. The molecule has 0 unspecified atom stereocenters. The van der Waals surface area contributed by atoms with Crippen LogP contribution in [0.15, 0.2) is 0 Å². The summed E-state index contributed by atoms with van der Waals surface area (Å²) in [5, 5.41) is 27.5. The Bertz CT molecular complexity index is 355. The van der Waals surface area contributed by atoms with E-state index in [0.717, 1.165) is 0 Å². The number of aliphatic carboxylic acids is 3. The SMILES string of the molecule is N[C@H](CCC(=O)N[C@H](CC(=O)O)C(=O)O)C(=O)O. The second-order valence-electron chi connectivity index (χ2n) is 3.54. The van der Waals surface area contributed by atoms with Crippen molar-refractivity contribution >= 4 is 23.8 Å². The molecule has 0 aliphatic rings. The molecule has 0 aromatic carbocycles. The molecule has 1 amide bonds. The lowest BCUT2D eigenvalue weighted by atomic mass is 10.1. The predicted octanol–water partition coefficient (Wildman–Crippen LogP) is -1.78. The summed E-state index contributed by atoms with van der Waals surface area (Å²) < 4.78 is 0. The van der Waals surface area contributed by atoms with Gasteiger partial charge in [0, 0.05) is 6.42 Å². The van der Waals surface area contributed by atoms with E-state index in [1.807, 2.05) is 5.32 Å². The van der Waals surface area contributed by atoms with E-state index in [2.05, 4.69) is 0 Å². The number of nitrogens with one attached hydrogen (secondary N) is 1. The fourth-order valence-electron chi connectivity index (χ4n) is 1.05. The Labute approximate surface area is 102 Å². The normalized spacial score (nSPS) is 13.4. The lowest BCUT2D eigenvalue weighted by Crippen LogP contribution is -2.43. The van der Waals surface area contributed by atoms with Gasteiger partial charge in [-0.05, 0) is 6.42 Å². The summed E-state index contributed by atoms with van der Waals surface area (Å²) >= 11 is 0. The Kier molecular flexibility index (Phi) is 6.35. The van der Waals surface area contributed by atoms with Crippen LogP contribution in [-0.2, 0) is 19.2 Å². The summed E-state index contributed by atoms with van der Waals surface area (Å²) in [5.74, 6) is -4.89. The molecule has 0 saturated carbocycles. The molecular weight excluding hydrogens is 248 g/mol. The summed E-state index contributed by atoms with van der Waals surface area (Å²) in [4.78, 5) is 42.6. The zero-order chi connectivity index (χ0) is 14.3. The number of nitrogens with two attached hydrogens (primary N) is 1. The van der Waals surface area contributed by atoms with Crippen LogP contribution in [0.25, 0.3) is 0 Å². The van der Waals surface area contributed by atoms with Crippen LogP contribution >= 0.6 is 0 Å². The first kappa shape index (κ1) is 15.8. The van der Waals surface area contributed by atoms with Crippen LogP contribution in [0, 0.1) is 0 Å². The number of rotatable bonds is 8. The van der Waals surface area contributed by atoms with E-state index in [1.54, 1.807) is 0 Å². The van der Waals surface area contributed by atoms with E-state index in [4.69, 9.17) is 21.1 Å². The third-order valence-corrected chi connectivity index (χ3v) is 2.01. The van der Waals surface area contributed by atoms with Crippen LogP contribution < -0.4 is 11.1 Å². The van der Waals surface area contributed by atoms with Crippen molar-refractivity contribution < 1.29 is 34.5 Å². The predicted molar refractivity (Wildman–Crippen MR) is 56.7 cm³/mol. The van der Waals surface area contributed by atoms with Crippen molar-refractivity contribution in [1.82, 2.24) is 5.32 Å². The Morgan fingerprint density at radius 2 is 1.61 bits per heavy atom. The van der Waals surface area contributed by atoms with Gasteiger partial charge in [0.15, 0.2) is 0 Å². The van der Waals surface area contributed by atoms with Gasteiger partial charge in [-0.1, -0.05) is 0 Å². The van der Waals surface area contributed by atoms with Gasteiger partial charge in [-0.25, -0.2) is 4.79 Å². The van der Waals surface area contributed by atoms with Gasteiger partial charge < -0.3 is 26.4 Å². The third-order valence-electron chi connectivity index (χ3n) is 2.01. The molecule has 9 nitrogen and oxygen atoms in total. The molecule has 102 valence electrons. The molecule has 0 heterocycles. The Hall–Kier alpha value is -2.16. The van der Waals surface area contributed by atoms with Crippen LogP contribution in [0.5, 0.6) is 0 Å². The van der Waals surface area contributed by atoms with Crippen LogP contribution in [-0.4, -0.2) is 51.2 Å². The topological polar surface area (TPSA) is 167 Å². The van der Waals surface area contributed by atoms with Gasteiger partial charge in [0.2, 0.25) is 5.91 Å². The fourth-order valence-corrected chi connectivity index (χ4v) is 1.05. The highest BCUT2D eigenvalue weighted by atomic mass is 16.4. The number of carbonyl (C=O) groups excluding carboxylic acids is 1. The number of hydrogen-bond acceptors (Lipinski definition) is 5. The molecule has 0 spiro atoms. The first-order valence-electron chi connectivity index (χ1n) is 4.96. The van der Waals surface area contributed by atoms with Crippen molar-refractivity contribution in [3.05, 3.63) is 0 Å². The zero-order valence-electron chi connectivity index (χ0n) is 9.33. The Balaban J connectivity index is 4.22. The molecule has 0 saturated heterocycles. The molecule has 0 aromatic heterocycles. The minimum atomic E-state index is -1.55. The van der Waals surface area contributed by atoms with Crippen LogP contribution in [0.1, 0.15) is 19.3 Å². The second kappa shape index (κ2) is 7.22. The van der Waals surface area contributed by atoms with Crippen LogP contribution in [0.2, 0.25) is 0 Å². The highest BCUT2D eigenvalue weighted by molar-refractivity contribution is 5.87. The van der Waals surface area contributed by atoms with Gasteiger partial charge in [-0.2, -0.15) is 0 Å². The van der Waals surface area contributed by atoms with E-state index in [9.17, 15) is 19.2 Å². The average Bonchev–Trinajstić information content (AvgIpc) is 2.23.